The molecule has 3 aliphatic rings. The molecule has 11 nitrogen and oxygen atoms in total. The van der Waals surface area contributed by atoms with Gasteiger partial charge in [-0.1, -0.05) is 117 Å². The van der Waals surface area contributed by atoms with Gasteiger partial charge < -0.3 is 13.3 Å². The molecule has 0 radical (unpaired) electrons. The molecule has 4 heterocycles. The number of aromatic nitrogens is 8. The summed E-state index contributed by atoms with van der Waals surface area (Å²) in [6, 6.07) is 0. The second-order valence-corrected chi connectivity index (χ2v) is 20.5. The first-order valence-electron chi connectivity index (χ1n) is 18.8. The lowest BCUT2D eigenvalue weighted by Gasteiger charge is -2.22. The van der Waals surface area contributed by atoms with Crippen LogP contribution in [-0.4, -0.2) is 40.8 Å². The fourth-order valence-corrected chi connectivity index (χ4v) is 5.65. The Morgan fingerprint density at radius 2 is 0.745 bits per heavy atom. The highest BCUT2D eigenvalue weighted by molar-refractivity contribution is 7.11. The predicted octanol–water partition coefficient (Wildman–Crippen LogP) is 10.6. The van der Waals surface area contributed by atoms with Gasteiger partial charge in [-0.15, -0.1) is 52.1 Å². The molecule has 0 atom stereocenters. The average molecular weight is 725 g/mol. The number of hydrogen-bond donors (Lipinski definition) is 0. The number of rotatable bonds is 3. The monoisotopic (exact) mass is 724 g/mol. The molecule has 3 saturated carbocycles. The third-order valence-electron chi connectivity index (χ3n) is 8.79. The van der Waals surface area contributed by atoms with Crippen LogP contribution in [0, 0.1) is 0 Å². The lowest BCUT2D eigenvalue weighted by atomic mass is 9.85. The minimum atomic E-state index is -0.0590. The Hall–Kier alpha value is -3.02. The molecule has 12 heteroatoms. The zero-order valence-electron chi connectivity index (χ0n) is 34.1. The van der Waals surface area contributed by atoms with Crippen molar-refractivity contribution in [2.45, 2.75) is 200 Å². The molecule has 0 N–H and O–H groups in total. The first-order chi connectivity index (χ1) is 23.4. The van der Waals surface area contributed by atoms with Gasteiger partial charge in [0.1, 0.15) is 10.0 Å². The van der Waals surface area contributed by atoms with Gasteiger partial charge in [0.2, 0.25) is 35.3 Å². The van der Waals surface area contributed by atoms with Gasteiger partial charge in [0.05, 0.1) is 0 Å². The van der Waals surface area contributed by atoms with Crippen LogP contribution >= 0.6 is 11.3 Å². The van der Waals surface area contributed by atoms with E-state index in [1.807, 2.05) is 0 Å². The zero-order valence-corrected chi connectivity index (χ0v) is 34.9. The molecule has 3 fully saturated rings. The Morgan fingerprint density at radius 1 is 0.392 bits per heavy atom. The van der Waals surface area contributed by atoms with Gasteiger partial charge in [-0.05, 0) is 38.5 Å². The van der Waals surface area contributed by atoms with Crippen molar-refractivity contribution >= 4 is 11.3 Å². The minimum Gasteiger partial charge on any atom is -0.424 e. The van der Waals surface area contributed by atoms with Crippen molar-refractivity contribution in [1.29, 1.82) is 0 Å². The molecular formula is C39H64N8O3S. The smallest absolute Gasteiger partial charge is 0.221 e. The van der Waals surface area contributed by atoms with Crippen molar-refractivity contribution in [3.63, 3.8) is 0 Å². The van der Waals surface area contributed by atoms with E-state index in [9.17, 15) is 0 Å². The highest BCUT2D eigenvalue weighted by Crippen LogP contribution is 2.41. The van der Waals surface area contributed by atoms with Crippen molar-refractivity contribution < 1.29 is 13.3 Å². The Bertz CT molecular complexity index is 1560. The van der Waals surface area contributed by atoms with Crippen molar-refractivity contribution in [3.8, 4) is 0 Å². The van der Waals surface area contributed by atoms with Gasteiger partial charge in [-0.2, -0.15) is 0 Å². The van der Waals surface area contributed by atoms with Gasteiger partial charge in [0.15, 0.2) is 0 Å². The first kappa shape index (κ1) is 40.7. The summed E-state index contributed by atoms with van der Waals surface area (Å²) < 4.78 is 16.8. The Labute approximate surface area is 310 Å². The van der Waals surface area contributed by atoms with Gasteiger partial charge in [-0.25, -0.2) is 0 Å². The van der Waals surface area contributed by atoms with Crippen molar-refractivity contribution in [3.05, 3.63) is 45.4 Å². The summed E-state index contributed by atoms with van der Waals surface area (Å²) in [6.07, 6.45) is 10.2. The van der Waals surface area contributed by atoms with Crippen LogP contribution in [0.2, 0.25) is 0 Å². The fourth-order valence-electron chi connectivity index (χ4n) is 4.58. The normalized spacial score (nSPS) is 17.2. The third-order valence-corrected chi connectivity index (χ3v) is 10.3. The summed E-state index contributed by atoms with van der Waals surface area (Å²) in [6.45, 7) is 31.5. The van der Waals surface area contributed by atoms with Crippen molar-refractivity contribution in [1.82, 2.24) is 40.8 Å². The van der Waals surface area contributed by atoms with Crippen LogP contribution in [0.4, 0.5) is 0 Å². The predicted molar refractivity (Wildman–Crippen MR) is 201 cm³/mol. The van der Waals surface area contributed by atoms with E-state index in [1.165, 1.54) is 61.4 Å². The van der Waals surface area contributed by atoms with E-state index in [0.717, 1.165) is 29.5 Å². The van der Waals surface area contributed by atoms with Crippen molar-refractivity contribution in [2.24, 2.45) is 0 Å². The molecule has 284 valence electrons. The SMILES string of the molecule is CC(C)(C)c1nnc(C(C)(C)C)o1.CC(C)(C)c1nnc(C2CC2)o1.CC(C)(C)c1nnc(C2CCC2)o1.CC(C)(C)c1nnc(C2CCC2)s1. The highest BCUT2D eigenvalue weighted by Gasteiger charge is 2.32. The summed E-state index contributed by atoms with van der Waals surface area (Å²) in [5, 5.41) is 35.3. The molecule has 7 rings (SSSR count). The van der Waals surface area contributed by atoms with Crippen molar-refractivity contribution in [2.75, 3.05) is 0 Å². The van der Waals surface area contributed by atoms with Crippen LogP contribution in [0.25, 0.3) is 0 Å². The van der Waals surface area contributed by atoms with Gasteiger partial charge in [0, 0.05) is 44.8 Å². The maximum atomic E-state index is 5.63. The van der Waals surface area contributed by atoms with E-state index < -0.39 is 0 Å². The molecule has 0 aliphatic heterocycles. The summed E-state index contributed by atoms with van der Waals surface area (Å²) in [7, 11) is 0. The summed E-state index contributed by atoms with van der Waals surface area (Å²) in [5.41, 5.74) is 0.0157. The van der Waals surface area contributed by atoms with Crippen LogP contribution in [-0.2, 0) is 27.1 Å². The number of hydrogen-bond acceptors (Lipinski definition) is 12. The molecule has 0 saturated heterocycles. The zero-order chi connectivity index (χ0) is 38.0. The topological polar surface area (TPSA) is 143 Å². The Kier molecular flexibility index (Phi) is 12.4. The van der Waals surface area contributed by atoms with E-state index in [-0.39, 0.29) is 27.1 Å². The first-order valence-corrected chi connectivity index (χ1v) is 19.6. The standard InChI is InChI=1S/C10H16N2O.C10H18N2O.C10H16N2S.C9H14N2O/c1-10(2,3)9-12-11-8(13-9)7-5-4-6-7;1-9(2,3)7-11-12-8(13-7)10(4,5)6;1-10(2,3)9-12-11-8(13-9)7-5-4-6-7;1-9(2,3)8-11-10-7(12-8)6-4-5-6/h7H,4-6H2,1-3H3;1-6H3;7H,4-6H2,1-3H3;6H,4-5H2,1-3H3. The lowest BCUT2D eigenvalue weighted by molar-refractivity contribution is 0.303. The van der Waals surface area contributed by atoms with Gasteiger partial charge >= 0.3 is 0 Å². The highest BCUT2D eigenvalue weighted by atomic mass is 32.1. The molecule has 0 aromatic carbocycles. The van der Waals surface area contributed by atoms with Crippen LogP contribution in [0.15, 0.2) is 13.3 Å². The number of nitrogens with zero attached hydrogens (tertiary/aromatic N) is 8. The maximum absolute atomic E-state index is 5.63. The van der Waals surface area contributed by atoms with E-state index >= 15 is 0 Å². The second-order valence-electron chi connectivity index (χ2n) is 19.5. The fraction of sp³-hybridized carbons (Fsp3) is 0.795. The Morgan fingerprint density at radius 3 is 1.00 bits per heavy atom. The summed E-state index contributed by atoms with van der Waals surface area (Å²) in [4.78, 5) is 0. The average Bonchev–Trinajstić information content (AvgIpc) is 3.45. The van der Waals surface area contributed by atoms with Crippen LogP contribution in [0.1, 0.15) is 218 Å². The quantitative estimate of drug-likeness (QED) is 0.199. The molecular weight excluding hydrogens is 661 g/mol. The third kappa shape index (κ3) is 11.7. The molecule has 3 aliphatic carbocycles. The van der Waals surface area contributed by atoms with Crippen LogP contribution in [0.3, 0.4) is 0 Å². The van der Waals surface area contributed by atoms with Gasteiger partial charge in [-0.3, -0.25) is 0 Å². The van der Waals surface area contributed by atoms with Gasteiger partial charge in [0.25, 0.3) is 0 Å². The summed E-state index contributed by atoms with van der Waals surface area (Å²) in [5.74, 6) is 6.44. The minimum absolute atomic E-state index is 0.0137. The largest absolute Gasteiger partial charge is 0.424 e. The lowest BCUT2D eigenvalue weighted by Crippen LogP contribution is -2.12. The molecule has 0 unspecified atom stereocenters. The molecule has 0 amide bonds. The maximum Gasteiger partial charge on any atom is 0.221 e. The molecule has 51 heavy (non-hydrogen) atoms. The second kappa shape index (κ2) is 15.5. The molecule has 4 aromatic heterocycles. The Balaban J connectivity index is 0.000000153. The molecule has 0 spiro atoms. The van der Waals surface area contributed by atoms with Crippen LogP contribution < -0.4 is 0 Å². The molecule has 0 bridgehead atoms. The van der Waals surface area contributed by atoms with Crippen LogP contribution in [0.5, 0.6) is 0 Å². The van der Waals surface area contributed by atoms with E-state index in [1.54, 1.807) is 11.3 Å². The van der Waals surface area contributed by atoms with E-state index in [2.05, 4.69) is 145 Å². The summed E-state index contributed by atoms with van der Waals surface area (Å²) >= 11 is 1.80. The van der Waals surface area contributed by atoms with E-state index in [4.69, 9.17) is 13.3 Å². The van der Waals surface area contributed by atoms with E-state index in [0.29, 0.717) is 23.6 Å². The molecule has 4 aromatic rings.